The molecule has 0 spiro atoms. The molecule has 2 atom stereocenters. The fourth-order valence-corrected chi connectivity index (χ4v) is 5.02. The van der Waals surface area contributed by atoms with Crippen molar-refractivity contribution in [2.75, 3.05) is 31.5 Å². The number of nitrogens with zero attached hydrogens (tertiary/aromatic N) is 3. The Labute approximate surface area is 213 Å². The van der Waals surface area contributed by atoms with Crippen LogP contribution in [0.2, 0.25) is 5.02 Å². The van der Waals surface area contributed by atoms with Crippen LogP contribution in [0.4, 0.5) is 14.5 Å². The van der Waals surface area contributed by atoms with E-state index >= 15 is 0 Å². The van der Waals surface area contributed by atoms with Crippen LogP contribution in [-0.2, 0) is 20.9 Å². The number of benzene rings is 2. The Bertz CT molecular complexity index is 1190. The highest BCUT2D eigenvalue weighted by Crippen LogP contribution is 2.28. The van der Waals surface area contributed by atoms with Crippen LogP contribution >= 0.6 is 11.6 Å². The predicted molar refractivity (Wildman–Crippen MR) is 133 cm³/mol. The van der Waals surface area contributed by atoms with Crippen LogP contribution in [0.1, 0.15) is 25.0 Å². The normalized spacial score (nSPS) is 20.0. The first kappa shape index (κ1) is 25.8. The first-order valence-corrected chi connectivity index (χ1v) is 12.0. The van der Waals surface area contributed by atoms with Crippen molar-refractivity contribution >= 4 is 41.1 Å². The fraction of sp³-hybridized carbons (Fsp3) is 0.346. The predicted octanol–water partition coefficient (Wildman–Crippen LogP) is 3.53. The lowest BCUT2D eigenvalue weighted by molar-refractivity contribution is -0.149. The summed E-state index contributed by atoms with van der Waals surface area (Å²) < 4.78 is 27.4. The number of halogens is 3. The number of rotatable bonds is 5. The summed E-state index contributed by atoms with van der Waals surface area (Å²) >= 11 is 5.86. The maximum Gasteiger partial charge on any atom is 0.247 e. The van der Waals surface area contributed by atoms with E-state index in [9.17, 15) is 23.2 Å². The van der Waals surface area contributed by atoms with Gasteiger partial charge in [0.05, 0.1) is 17.1 Å². The molecule has 190 valence electrons. The first-order chi connectivity index (χ1) is 17.1. The van der Waals surface area contributed by atoms with Crippen LogP contribution in [-0.4, -0.2) is 70.7 Å². The molecule has 0 saturated carbocycles. The van der Waals surface area contributed by atoms with Crippen molar-refractivity contribution in [3.8, 4) is 0 Å². The van der Waals surface area contributed by atoms with Crippen molar-refractivity contribution < 1.29 is 23.2 Å². The summed E-state index contributed by atoms with van der Waals surface area (Å²) in [5.74, 6) is -1.62. The molecule has 2 saturated heterocycles. The lowest BCUT2D eigenvalue weighted by atomic mass is 9.98. The molecule has 0 aliphatic carbocycles. The van der Waals surface area contributed by atoms with Crippen molar-refractivity contribution in [1.29, 1.82) is 0 Å². The van der Waals surface area contributed by atoms with Crippen LogP contribution in [0.15, 0.2) is 42.5 Å². The molecule has 2 aromatic carbocycles. The average Bonchev–Trinajstić information content (AvgIpc) is 2.80. The van der Waals surface area contributed by atoms with E-state index in [0.717, 1.165) is 11.6 Å². The molecule has 2 heterocycles. The van der Waals surface area contributed by atoms with Crippen LogP contribution in [0.25, 0.3) is 6.08 Å². The van der Waals surface area contributed by atoms with E-state index < -0.39 is 5.82 Å². The number of anilines is 1. The zero-order valence-electron chi connectivity index (χ0n) is 20.0. The molecule has 2 aromatic rings. The topological polar surface area (TPSA) is 73.0 Å². The Kier molecular flexibility index (Phi) is 7.70. The molecule has 2 aliphatic heterocycles. The molecular weight excluding hydrogens is 490 g/mol. The van der Waals surface area contributed by atoms with Gasteiger partial charge < -0.3 is 15.1 Å². The molecular formula is C26H27ClF2N4O3. The smallest absolute Gasteiger partial charge is 0.247 e. The molecule has 2 bridgehead atoms. The number of nitrogens with one attached hydrogen (secondary N) is 1. The molecule has 7 nitrogen and oxygen atoms in total. The largest absolute Gasteiger partial charge is 0.339 e. The van der Waals surface area contributed by atoms with Crippen LogP contribution in [0, 0.1) is 11.6 Å². The Morgan fingerprint density at radius 1 is 1.03 bits per heavy atom. The molecule has 2 unspecified atom stereocenters. The van der Waals surface area contributed by atoms with Gasteiger partial charge in [0.2, 0.25) is 17.7 Å². The van der Waals surface area contributed by atoms with Crippen molar-refractivity contribution in [3.05, 3.63) is 70.3 Å². The molecule has 1 N–H and O–H groups in total. The van der Waals surface area contributed by atoms with Gasteiger partial charge >= 0.3 is 0 Å². The van der Waals surface area contributed by atoms with Crippen molar-refractivity contribution in [2.24, 2.45) is 0 Å². The molecule has 0 radical (unpaired) electrons. The van der Waals surface area contributed by atoms with Crippen LogP contribution in [0.5, 0.6) is 0 Å². The van der Waals surface area contributed by atoms with Gasteiger partial charge in [0.25, 0.3) is 0 Å². The average molecular weight is 517 g/mol. The fourth-order valence-electron chi connectivity index (χ4n) is 4.86. The Morgan fingerprint density at radius 2 is 1.67 bits per heavy atom. The SMILES string of the molecule is CC(=O)Nc1cc(Cl)c(F)cc1C=CC(=O)N1C2CN(Cc3ccc(F)cc3)CC1CN(C(C)=O)C2. The first-order valence-electron chi connectivity index (χ1n) is 11.6. The van der Waals surface area contributed by atoms with Crippen LogP contribution in [0.3, 0.4) is 0 Å². The summed E-state index contributed by atoms with van der Waals surface area (Å²) in [6.45, 7) is 5.34. The summed E-state index contributed by atoms with van der Waals surface area (Å²) in [6.07, 6.45) is 2.81. The minimum Gasteiger partial charge on any atom is -0.339 e. The van der Waals surface area contributed by atoms with Crippen LogP contribution < -0.4 is 5.32 Å². The minimum atomic E-state index is -0.666. The highest BCUT2D eigenvalue weighted by atomic mass is 35.5. The summed E-state index contributed by atoms with van der Waals surface area (Å²) in [5, 5.41) is 2.45. The molecule has 2 aliphatic rings. The number of piperazine rings is 2. The van der Waals surface area contributed by atoms with E-state index in [1.54, 1.807) is 21.9 Å². The van der Waals surface area contributed by atoms with Gasteiger partial charge in [-0.2, -0.15) is 0 Å². The number of fused-ring (bicyclic) bond motifs is 2. The van der Waals surface area contributed by atoms with Gasteiger partial charge in [0.1, 0.15) is 11.6 Å². The van der Waals surface area contributed by atoms with E-state index in [-0.39, 0.29) is 40.6 Å². The summed E-state index contributed by atoms with van der Waals surface area (Å²) in [7, 11) is 0. The second-order valence-electron chi connectivity index (χ2n) is 9.17. The third-order valence-electron chi connectivity index (χ3n) is 6.41. The summed E-state index contributed by atoms with van der Waals surface area (Å²) in [6, 6.07) is 8.31. The molecule has 4 rings (SSSR count). The highest BCUT2D eigenvalue weighted by Gasteiger charge is 2.42. The molecule has 2 fully saturated rings. The number of carbonyl (C=O) groups excluding carboxylic acids is 3. The number of carbonyl (C=O) groups is 3. The van der Waals surface area contributed by atoms with Crippen molar-refractivity contribution in [3.63, 3.8) is 0 Å². The van der Waals surface area contributed by atoms with Crippen molar-refractivity contribution in [2.45, 2.75) is 32.5 Å². The summed E-state index contributed by atoms with van der Waals surface area (Å²) in [4.78, 5) is 42.7. The van der Waals surface area contributed by atoms with Gasteiger partial charge in [-0.1, -0.05) is 23.7 Å². The standard InChI is InChI=1S/C26H27ClF2N4O3/c1-16(34)30-25-10-23(27)24(29)9-19(25)5-8-26(36)33-21-12-31(11-18-3-6-20(28)7-4-18)13-22(33)15-32(14-21)17(2)35/h3-10,21-22H,11-15H2,1-2H3,(H,30,34). The van der Waals surface area contributed by atoms with Gasteiger partial charge in [-0.15, -0.1) is 0 Å². The highest BCUT2D eigenvalue weighted by molar-refractivity contribution is 6.31. The monoisotopic (exact) mass is 516 g/mol. The van der Waals surface area contributed by atoms with E-state index in [0.29, 0.717) is 44.0 Å². The quantitative estimate of drug-likeness (QED) is 0.617. The molecule has 10 heteroatoms. The zero-order valence-corrected chi connectivity index (χ0v) is 20.8. The van der Waals surface area contributed by atoms with Gasteiger partial charge in [0.15, 0.2) is 0 Å². The third kappa shape index (κ3) is 5.91. The minimum absolute atomic E-state index is 0.0452. The number of hydrogen-bond donors (Lipinski definition) is 1. The van der Waals surface area contributed by atoms with E-state index in [2.05, 4.69) is 10.2 Å². The van der Waals surface area contributed by atoms with E-state index in [1.807, 2.05) is 0 Å². The number of amides is 3. The van der Waals surface area contributed by atoms with Gasteiger partial charge in [0, 0.05) is 63.9 Å². The van der Waals surface area contributed by atoms with Gasteiger partial charge in [-0.3, -0.25) is 19.3 Å². The van der Waals surface area contributed by atoms with Gasteiger partial charge in [-0.05, 0) is 35.9 Å². The van der Waals surface area contributed by atoms with Gasteiger partial charge in [-0.25, -0.2) is 8.78 Å². The lowest BCUT2D eigenvalue weighted by Gasteiger charge is -2.52. The Morgan fingerprint density at radius 3 is 2.25 bits per heavy atom. The maximum absolute atomic E-state index is 14.1. The van der Waals surface area contributed by atoms with E-state index in [4.69, 9.17) is 11.6 Å². The second kappa shape index (κ2) is 10.8. The Hall–Kier alpha value is -3.30. The molecule has 0 aromatic heterocycles. The summed E-state index contributed by atoms with van der Waals surface area (Å²) in [5.41, 5.74) is 1.57. The lowest BCUT2D eigenvalue weighted by Crippen LogP contribution is -2.69. The zero-order chi connectivity index (χ0) is 26.0. The van der Waals surface area contributed by atoms with E-state index in [1.165, 1.54) is 44.2 Å². The Balaban J connectivity index is 1.54. The third-order valence-corrected chi connectivity index (χ3v) is 6.70. The van der Waals surface area contributed by atoms with Crippen molar-refractivity contribution in [1.82, 2.24) is 14.7 Å². The number of hydrogen-bond acceptors (Lipinski definition) is 4. The second-order valence-corrected chi connectivity index (χ2v) is 9.57. The molecule has 3 amide bonds. The molecule has 36 heavy (non-hydrogen) atoms. The maximum atomic E-state index is 14.1.